The van der Waals surface area contributed by atoms with E-state index in [2.05, 4.69) is 0 Å². The molecule has 124 valence electrons. The van der Waals surface area contributed by atoms with Crippen molar-refractivity contribution in [3.63, 3.8) is 0 Å². The highest BCUT2D eigenvalue weighted by atomic mass is 16.5. The average Bonchev–Trinajstić information content (AvgIpc) is 2.37. The highest BCUT2D eigenvalue weighted by Gasteiger charge is 2.42. The molecule has 5 nitrogen and oxygen atoms in total. The van der Waals surface area contributed by atoms with E-state index in [0.717, 1.165) is 12.8 Å². The lowest BCUT2D eigenvalue weighted by Crippen LogP contribution is -2.50. The summed E-state index contributed by atoms with van der Waals surface area (Å²) in [6, 6.07) is 0.0314. The van der Waals surface area contributed by atoms with Crippen molar-refractivity contribution in [2.24, 2.45) is 11.3 Å². The summed E-state index contributed by atoms with van der Waals surface area (Å²) in [6.45, 7) is 11.7. The van der Waals surface area contributed by atoms with Gasteiger partial charge < -0.3 is 14.7 Å². The monoisotopic (exact) mass is 301 g/mol. The van der Waals surface area contributed by atoms with Crippen molar-refractivity contribution >= 4 is 11.9 Å². The van der Waals surface area contributed by atoms with Gasteiger partial charge in [0, 0.05) is 12.6 Å². The molecule has 0 saturated heterocycles. The summed E-state index contributed by atoms with van der Waals surface area (Å²) >= 11 is 0. The van der Waals surface area contributed by atoms with Gasteiger partial charge in [0.25, 0.3) is 0 Å². The lowest BCUT2D eigenvalue weighted by molar-refractivity contribution is -0.162. The molecule has 0 aromatic rings. The number of amides is 1. The Labute approximate surface area is 128 Å². The predicted molar refractivity (Wildman–Crippen MR) is 82.7 cm³/mol. The summed E-state index contributed by atoms with van der Waals surface area (Å²) < 4.78 is 5.08. The van der Waals surface area contributed by atoms with Crippen LogP contribution in [0.2, 0.25) is 0 Å². The van der Waals surface area contributed by atoms with E-state index in [4.69, 9.17) is 4.74 Å². The molecule has 0 fully saturated rings. The summed E-state index contributed by atoms with van der Waals surface area (Å²) in [5.41, 5.74) is -0.525. The van der Waals surface area contributed by atoms with Gasteiger partial charge in [-0.3, -0.25) is 9.59 Å². The Balaban J connectivity index is 5.44. The molecule has 0 aromatic heterocycles. The summed E-state index contributed by atoms with van der Waals surface area (Å²) in [5.74, 6) is -1.57. The number of nitrogens with zero attached hydrogens (tertiary/aromatic N) is 1. The number of rotatable bonds is 8. The number of esters is 1. The van der Waals surface area contributed by atoms with Crippen LogP contribution in [0.25, 0.3) is 0 Å². The summed E-state index contributed by atoms with van der Waals surface area (Å²) in [5, 5.41) is 9.24. The number of hydrogen-bond donors (Lipinski definition) is 1. The molecule has 1 atom stereocenters. The van der Waals surface area contributed by atoms with E-state index in [-0.39, 0.29) is 31.7 Å². The second-order valence-electron chi connectivity index (χ2n) is 6.28. The number of ether oxygens (including phenoxy) is 1. The molecule has 0 heterocycles. The number of carbonyl (C=O) groups is 2. The lowest BCUT2D eigenvalue weighted by atomic mass is 9.79. The minimum absolute atomic E-state index is 0.0314. The van der Waals surface area contributed by atoms with Crippen molar-refractivity contribution in [3.8, 4) is 0 Å². The third-order valence-corrected chi connectivity index (χ3v) is 3.64. The molecule has 0 aliphatic heterocycles. The van der Waals surface area contributed by atoms with Crippen LogP contribution in [0.1, 0.15) is 54.4 Å². The molecule has 0 spiro atoms. The standard InChI is InChI=1S/C16H31NO4/c1-7-12(8-2)17(10-11-18)14(19)13(16(4,5)6)15(20)21-9-3/h12-13,18H,7-11H2,1-6H3. The average molecular weight is 301 g/mol. The van der Waals surface area contributed by atoms with E-state index in [1.165, 1.54) is 0 Å². The highest BCUT2D eigenvalue weighted by Crippen LogP contribution is 2.30. The second kappa shape index (κ2) is 9.03. The molecular formula is C16H31NO4. The van der Waals surface area contributed by atoms with Gasteiger partial charge >= 0.3 is 5.97 Å². The van der Waals surface area contributed by atoms with Crippen LogP contribution < -0.4 is 0 Å². The molecule has 0 saturated carbocycles. The normalized spacial score (nSPS) is 13.1. The third kappa shape index (κ3) is 5.65. The van der Waals surface area contributed by atoms with Crippen LogP contribution in [0.4, 0.5) is 0 Å². The van der Waals surface area contributed by atoms with Gasteiger partial charge in [0.15, 0.2) is 0 Å². The molecule has 1 unspecified atom stereocenters. The van der Waals surface area contributed by atoms with E-state index in [1.54, 1.807) is 11.8 Å². The van der Waals surface area contributed by atoms with Crippen molar-refractivity contribution in [2.45, 2.75) is 60.4 Å². The maximum atomic E-state index is 12.9. The van der Waals surface area contributed by atoms with Crippen LogP contribution in [0.5, 0.6) is 0 Å². The smallest absolute Gasteiger partial charge is 0.319 e. The van der Waals surface area contributed by atoms with Gasteiger partial charge in [0.1, 0.15) is 5.92 Å². The van der Waals surface area contributed by atoms with Crippen LogP contribution in [0.3, 0.4) is 0 Å². The molecular weight excluding hydrogens is 270 g/mol. The third-order valence-electron chi connectivity index (χ3n) is 3.64. The molecule has 21 heavy (non-hydrogen) atoms. The molecule has 1 amide bonds. The lowest BCUT2D eigenvalue weighted by Gasteiger charge is -2.36. The minimum Gasteiger partial charge on any atom is -0.465 e. The Morgan fingerprint density at radius 1 is 1.14 bits per heavy atom. The molecule has 5 heteroatoms. The topological polar surface area (TPSA) is 66.8 Å². The van der Waals surface area contributed by atoms with Gasteiger partial charge in [-0.05, 0) is 25.2 Å². The first-order valence-electron chi connectivity index (χ1n) is 7.82. The van der Waals surface area contributed by atoms with Crippen LogP contribution in [-0.2, 0) is 14.3 Å². The Kier molecular flexibility index (Phi) is 8.55. The summed E-state index contributed by atoms with van der Waals surface area (Å²) in [7, 11) is 0. The van der Waals surface area contributed by atoms with Gasteiger partial charge in [-0.25, -0.2) is 0 Å². The predicted octanol–water partition coefficient (Wildman–Crippen LogP) is 2.22. The Morgan fingerprint density at radius 3 is 2.00 bits per heavy atom. The second-order valence-corrected chi connectivity index (χ2v) is 6.28. The zero-order valence-corrected chi connectivity index (χ0v) is 14.3. The quantitative estimate of drug-likeness (QED) is 0.551. The van der Waals surface area contributed by atoms with Crippen LogP contribution in [-0.4, -0.2) is 47.7 Å². The first kappa shape index (κ1) is 19.9. The van der Waals surface area contributed by atoms with E-state index < -0.39 is 17.3 Å². The number of carbonyl (C=O) groups excluding carboxylic acids is 2. The van der Waals surface area contributed by atoms with Crippen molar-refractivity contribution in [2.75, 3.05) is 19.8 Å². The largest absolute Gasteiger partial charge is 0.465 e. The van der Waals surface area contributed by atoms with Crippen molar-refractivity contribution < 1.29 is 19.4 Å². The molecule has 0 rings (SSSR count). The first-order chi connectivity index (χ1) is 9.74. The fourth-order valence-corrected chi connectivity index (χ4v) is 2.53. The van der Waals surface area contributed by atoms with Crippen molar-refractivity contribution in [3.05, 3.63) is 0 Å². The van der Waals surface area contributed by atoms with Gasteiger partial charge in [-0.1, -0.05) is 34.6 Å². The maximum Gasteiger partial charge on any atom is 0.319 e. The molecule has 0 bridgehead atoms. The summed E-state index contributed by atoms with van der Waals surface area (Å²) in [4.78, 5) is 26.7. The zero-order chi connectivity index (χ0) is 16.6. The Hall–Kier alpha value is -1.10. The Bertz CT molecular complexity index is 332. The fourth-order valence-electron chi connectivity index (χ4n) is 2.53. The van der Waals surface area contributed by atoms with E-state index in [9.17, 15) is 14.7 Å². The fraction of sp³-hybridized carbons (Fsp3) is 0.875. The molecule has 0 aliphatic carbocycles. The first-order valence-corrected chi connectivity index (χ1v) is 7.82. The number of hydrogen-bond acceptors (Lipinski definition) is 4. The number of aliphatic hydroxyl groups excluding tert-OH is 1. The SMILES string of the molecule is CCOC(=O)C(C(=O)N(CCO)C(CC)CC)C(C)(C)C. The molecule has 1 N–H and O–H groups in total. The molecule has 0 aliphatic rings. The van der Waals surface area contributed by atoms with E-state index >= 15 is 0 Å². The Morgan fingerprint density at radius 2 is 1.67 bits per heavy atom. The minimum atomic E-state index is -0.843. The van der Waals surface area contributed by atoms with Gasteiger partial charge in [0.05, 0.1) is 13.2 Å². The zero-order valence-electron chi connectivity index (χ0n) is 14.3. The van der Waals surface area contributed by atoms with Crippen LogP contribution in [0, 0.1) is 11.3 Å². The van der Waals surface area contributed by atoms with Gasteiger partial charge in [0.2, 0.25) is 5.91 Å². The van der Waals surface area contributed by atoms with Crippen LogP contribution in [0.15, 0.2) is 0 Å². The van der Waals surface area contributed by atoms with Gasteiger partial charge in [-0.2, -0.15) is 0 Å². The van der Waals surface area contributed by atoms with Crippen molar-refractivity contribution in [1.29, 1.82) is 0 Å². The van der Waals surface area contributed by atoms with Gasteiger partial charge in [-0.15, -0.1) is 0 Å². The van der Waals surface area contributed by atoms with E-state index in [1.807, 2.05) is 34.6 Å². The maximum absolute atomic E-state index is 12.9. The van der Waals surface area contributed by atoms with Crippen molar-refractivity contribution in [1.82, 2.24) is 4.90 Å². The molecule has 0 radical (unpaired) electrons. The molecule has 0 aromatic carbocycles. The number of aliphatic hydroxyl groups is 1. The highest BCUT2D eigenvalue weighted by molar-refractivity contribution is 5.98. The summed E-state index contributed by atoms with van der Waals surface area (Å²) in [6.07, 6.45) is 1.59. The van der Waals surface area contributed by atoms with E-state index in [0.29, 0.717) is 0 Å². The van der Waals surface area contributed by atoms with Crippen LogP contribution >= 0.6 is 0 Å².